The number of hydrogen-bond donors (Lipinski definition) is 1. The van der Waals surface area contributed by atoms with Crippen molar-refractivity contribution in [3.8, 4) is 5.75 Å². The van der Waals surface area contributed by atoms with Gasteiger partial charge in [0.15, 0.2) is 0 Å². The molecule has 0 saturated carbocycles. The van der Waals surface area contributed by atoms with Crippen molar-refractivity contribution >= 4 is 11.6 Å². The fourth-order valence-corrected chi connectivity index (χ4v) is 2.80. The number of nitrogens with zero attached hydrogens (tertiary/aromatic N) is 1. The van der Waals surface area contributed by atoms with Crippen molar-refractivity contribution in [1.29, 1.82) is 0 Å². The molecule has 1 aromatic carbocycles. The average molecular weight is 318 g/mol. The van der Waals surface area contributed by atoms with Crippen molar-refractivity contribution in [3.63, 3.8) is 0 Å². The Hall–Kier alpha value is -2.08. The number of hydrogen-bond acceptors (Lipinski definition) is 5. The van der Waals surface area contributed by atoms with Gasteiger partial charge in [-0.05, 0) is 49.6 Å². The normalized spacial score (nSPS) is 26.5. The maximum atomic E-state index is 12.4. The quantitative estimate of drug-likeness (QED) is 0.900. The van der Waals surface area contributed by atoms with Gasteiger partial charge in [0.1, 0.15) is 5.75 Å². The number of amides is 1. The molecule has 1 fully saturated rings. The zero-order valence-corrected chi connectivity index (χ0v) is 13.5. The minimum Gasteiger partial charge on any atom is -0.497 e. The van der Waals surface area contributed by atoms with Crippen molar-refractivity contribution in [3.05, 3.63) is 29.8 Å². The molecule has 6 nitrogen and oxygen atoms in total. The lowest BCUT2D eigenvalue weighted by atomic mass is 9.95. The molecule has 2 unspecified atom stereocenters. The van der Waals surface area contributed by atoms with Gasteiger partial charge in [0.25, 0.3) is 5.91 Å². The molecule has 0 radical (unpaired) electrons. The lowest BCUT2D eigenvalue weighted by Gasteiger charge is -2.21. The zero-order chi connectivity index (χ0) is 16.3. The SMILES string of the molecule is COc1ccc(C2=NOC(C)(C(=O)NCC3CCCO3)C2)cc1. The molecule has 1 aromatic rings. The Morgan fingerprint density at radius 3 is 2.87 bits per heavy atom. The third kappa shape index (κ3) is 3.47. The van der Waals surface area contributed by atoms with E-state index in [1.54, 1.807) is 14.0 Å². The van der Waals surface area contributed by atoms with Crippen LogP contribution in [0.5, 0.6) is 5.75 Å². The number of nitrogens with one attached hydrogen (secondary N) is 1. The third-order valence-corrected chi connectivity index (χ3v) is 4.28. The maximum absolute atomic E-state index is 12.4. The minimum atomic E-state index is -0.964. The Morgan fingerprint density at radius 2 is 2.22 bits per heavy atom. The number of methoxy groups -OCH3 is 1. The summed E-state index contributed by atoms with van der Waals surface area (Å²) in [4.78, 5) is 17.9. The van der Waals surface area contributed by atoms with Gasteiger partial charge in [-0.2, -0.15) is 0 Å². The first-order valence-corrected chi connectivity index (χ1v) is 7.90. The van der Waals surface area contributed by atoms with Crippen molar-refractivity contribution in [1.82, 2.24) is 5.32 Å². The second kappa shape index (κ2) is 6.58. The van der Waals surface area contributed by atoms with Crippen LogP contribution in [0.1, 0.15) is 31.7 Å². The van der Waals surface area contributed by atoms with Crippen LogP contribution in [0.25, 0.3) is 0 Å². The van der Waals surface area contributed by atoms with Gasteiger partial charge >= 0.3 is 0 Å². The van der Waals surface area contributed by atoms with Crippen molar-refractivity contribution in [2.24, 2.45) is 5.16 Å². The highest BCUT2D eigenvalue weighted by Crippen LogP contribution is 2.27. The van der Waals surface area contributed by atoms with E-state index in [0.29, 0.717) is 13.0 Å². The van der Waals surface area contributed by atoms with Gasteiger partial charge in [0, 0.05) is 19.6 Å². The zero-order valence-electron chi connectivity index (χ0n) is 13.5. The topological polar surface area (TPSA) is 69.2 Å². The van der Waals surface area contributed by atoms with Gasteiger partial charge in [-0.15, -0.1) is 0 Å². The summed E-state index contributed by atoms with van der Waals surface area (Å²) in [6.45, 7) is 3.06. The van der Waals surface area contributed by atoms with E-state index in [1.165, 1.54) is 0 Å². The summed E-state index contributed by atoms with van der Waals surface area (Å²) in [7, 11) is 1.63. The molecule has 2 atom stereocenters. The first-order chi connectivity index (χ1) is 11.1. The molecule has 2 aliphatic rings. The summed E-state index contributed by atoms with van der Waals surface area (Å²) in [5, 5.41) is 7.01. The van der Waals surface area contributed by atoms with E-state index in [0.717, 1.165) is 36.5 Å². The van der Waals surface area contributed by atoms with Gasteiger partial charge in [0.05, 0.1) is 18.9 Å². The predicted molar refractivity (Wildman–Crippen MR) is 85.6 cm³/mol. The van der Waals surface area contributed by atoms with Crippen molar-refractivity contribution < 1.29 is 19.1 Å². The molecule has 0 spiro atoms. The Kier molecular flexibility index (Phi) is 4.52. The van der Waals surface area contributed by atoms with E-state index in [9.17, 15) is 4.79 Å². The fourth-order valence-electron chi connectivity index (χ4n) is 2.80. The Labute approximate surface area is 135 Å². The van der Waals surface area contributed by atoms with E-state index in [-0.39, 0.29) is 12.0 Å². The highest BCUT2D eigenvalue weighted by Gasteiger charge is 2.42. The van der Waals surface area contributed by atoms with Gasteiger partial charge in [-0.25, -0.2) is 0 Å². The number of oxime groups is 1. The molecular formula is C17H22N2O4. The number of carbonyl (C=O) groups is 1. The van der Waals surface area contributed by atoms with Crippen LogP contribution in [-0.4, -0.2) is 43.6 Å². The van der Waals surface area contributed by atoms with Gasteiger partial charge < -0.3 is 19.6 Å². The molecule has 1 amide bonds. The van der Waals surface area contributed by atoms with Crippen LogP contribution in [0.4, 0.5) is 0 Å². The first-order valence-electron chi connectivity index (χ1n) is 7.90. The van der Waals surface area contributed by atoms with Crippen LogP contribution >= 0.6 is 0 Å². The smallest absolute Gasteiger partial charge is 0.267 e. The second-order valence-electron chi connectivity index (χ2n) is 6.11. The molecule has 6 heteroatoms. The Balaban J connectivity index is 1.58. The molecule has 0 aromatic heterocycles. The summed E-state index contributed by atoms with van der Waals surface area (Å²) in [6, 6.07) is 7.56. The van der Waals surface area contributed by atoms with Crippen LogP contribution in [-0.2, 0) is 14.4 Å². The van der Waals surface area contributed by atoms with Gasteiger partial charge in [-0.3, -0.25) is 4.79 Å². The molecule has 2 heterocycles. The monoisotopic (exact) mass is 318 g/mol. The molecule has 2 aliphatic heterocycles. The number of ether oxygens (including phenoxy) is 2. The lowest BCUT2D eigenvalue weighted by molar-refractivity contribution is -0.142. The maximum Gasteiger partial charge on any atom is 0.267 e. The highest BCUT2D eigenvalue weighted by atomic mass is 16.7. The molecule has 3 rings (SSSR count). The van der Waals surface area contributed by atoms with E-state index in [1.807, 2.05) is 24.3 Å². The minimum absolute atomic E-state index is 0.117. The first kappa shape index (κ1) is 15.8. The van der Waals surface area contributed by atoms with Crippen LogP contribution in [0.15, 0.2) is 29.4 Å². The number of carbonyl (C=O) groups excluding carboxylic acids is 1. The molecule has 1 N–H and O–H groups in total. The highest BCUT2D eigenvalue weighted by molar-refractivity contribution is 6.05. The molecular weight excluding hydrogens is 296 g/mol. The molecule has 0 bridgehead atoms. The average Bonchev–Trinajstić information content (AvgIpc) is 3.23. The van der Waals surface area contributed by atoms with Gasteiger partial charge in [0.2, 0.25) is 5.60 Å². The summed E-state index contributed by atoms with van der Waals surface area (Å²) >= 11 is 0. The number of rotatable bonds is 5. The van der Waals surface area contributed by atoms with E-state index < -0.39 is 5.60 Å². The Morgan fingerprint density at radius 1 is 1.43 bits per heavy atom. The van der Waals surface area contributed by atoms with Crippen LogP contribution in [0, 0.1) is 0 Å². The van der Waals surface area contributed by atoms with Crippen molar-refractivity contribution in [2.75, 3.05) is 20.3 Å². The summed E-state index contributed by atoms with van der Waals surface area (Å²) in [6.07, 6.45) is 2.60. The molecule has 0 aliphatic carbocycles. The summed E-state index contributed by atoms with van der Waals surface area (Å²) in [5.74, 6) is 0.630. The van der Waals surface area contributed by atoms with E-state index in [4.69, 9.17) is 14.3 Å². The predicted octanol–water partition coefficient (Wildman–Crippen LogP) is 1.87. The fraction of sp³-hybridized carbons (Fsp3) is 0.529. The molecule has 124 valence electrons. The Bertz CT molecular complexity index is 593. The standard InChI is InChI=1S/C17H22N2O4/c1-17(16(20)18-11-14-4-3-9-22-14)10-15(19-23-17)12-5-7-13(21-2)8-6-12/h5-8,14H,3-4,9-11H2,1-2H3,(H,18,20). The number of benzene rings is 1. The van der Waals surface area contributed by atoms with Crippen LogP contribution in [0.3, 0.4) is 0 Å². The van der Waals surface area contributed by atoms with Crippen molar-refractivity contribution in [2.45, 2.75) is 37.9 Å². The van der Waals surface area contributed by atoms with E-state index >= 15 is 0 Å². The molecule has 23 heavy (non-hydrogen) atoms. The third-order valence-electron chi connectivity index (χ3n) is 4.28. The lowest BCUT2D eigenvalue weighted by Crippen LogP contribution is -2.46. The summed E-state index contributed by atoms with van der Waals surface area (Å²) < 4.78 is 10.7. The van der Waals surface area contributed by atoms with E-state index in [2.05, 4.69) is 10.5 Å². The second-order valence-corrected chi connectivity index (χ2v) is 6.11. The summed E-state index contributed by atoms with van der Waals surface area (Å²) in [5.41, 5.74) is 0.734. The van der Waals surface area contributed by atoms with Crippen LogP contribution < -0.4 is 10.1 Å². The molecule has 1 saturated heterocycles. The van der Waals surface area contributed by atoms with Crippen LogP contribution in [0.2, 0.25) is 0 Å². The largest absolute Gasteiger partial charge is 0.497 e. The van der Waals surface area contributed by atoms with Gasteiger partial charge in [-0.1, -0.05) is 5.16 Å².